The van der Waals surface area contributed by atoms with Crippen LogP contribution in [0.2, 0.25) is 0 Å². The molecule has 0 saturated heterocycles. The zero-order chi connectivity index (χ0) is 20.4. The summed E-state index contributed by atoms with van der Waals surface area (Å²) in [6, 6.07) is 10.2. The van der Waals surface area contributed by atoms with Crippen molar-refractivity contribution in [1.29, 1.82) is 0 Å². The molecular formula is C19H17FN4O3S. The fourth-order valence-corrected chi connectivity index (χ4v) is 3.51. The number of nitro groups is 1. The molecule has 0 bridgehead atoms. The summed E-state index contributed by atoms with van der Waals surface area (Å²) in [7, 11) is 3.38. The first-order valence-electron chi connectivity index (χ1n) is 8.26. The van der Waals surface area contributed by atoms with Crippen LogP contribution in [0.3, 0.4) is 0 Å². The number of thiazole rings is 1. The second-order valence-electron chi connectivity index (χ2n) is 6.24. The molecule has 9 heteroatoms. The van der Waals surface area contributed by atoms with Gasteiger partial charge in [-0.15, -0.1) is 11.3 Å². The molecule has 3 aromatic rings. The minimum atomic E-state index is -0.522. The van der Waals surface area contributed by atoms with Crippen LogP contribution in [0.4, 0.5) is 20.9 Å². The van der Waals surface area contributed by atoms with E-state index in [1.54, 1.807) is 31.1 Å². The number of nitrogens with zero attached hydrogens (tertiary/aromatic N) is 3. The maximum atomic E-state index is 13.1. The van der Waals surface area contributed by atoms with Crippen molar-refractivity contribution in [2.24, 2.45) is 0 Å². The highest BCUT2D eigenvalue weighted by molar-refractivity contribution is 7.16. The molecule has 0 radical (unpaired) electrons. The van der Waals surface area contributed by atoms with Crippen molar-refractivity contribution in [3.05, 3.63) is 68.8 Å². The third-order valence-electron chi connectivity index (χ3n) is 4.05. The maximum absolute atomic E-state index is 13.1. The molecule has 1 aromatic heterocycles. The molecule has 0 atom stereocenters. The number of anilines is 2. The number of hydrogen-bond acceptors (Lipinski definition) is 6. The summed E-state index contributed by atoms with van der Waals surface area (Å²) in [5.74, 6) is -0.833. The van der Waals surface area contributed by atoms with Crippen molar-refractivity contribution < 1.29 is 14.1 Å². The number of amides is 1. The molecule has 7 nitrogen and oxygen atoms in total. The van der Waals surface area contributed by atoms with E-state index in [4.69, 9.17) is 0 Å². The second-order valence-corrected chi connectivity index (χ2v) is 7.44. The molecule has 0 unspecified atom stereocenters. The highest BCUT2D eigenvalue weighted by Gasteiger charge is 2.20. The highest BCUT2D eigenvalue weighted by Crippen LogP contribution is 2.32. The molecule has 1 heterocycles. The molecule has 0 aliphatic rings. The lowest BCUT2D eigenvalue weighted by molar-refractivity contribution is -0.384. The number of halogens is 1. The number of hydrogen-bond donors (Lipinski definition) is 1. The van der Waals surface area contributed by atoms with Gasteiger partial charge in [0.25, 0.3) is 11.6 Å². The standard InChI is InChI=1S/C19H17FN4O3S/c1-11-17(12-4-7-14(20)8-5-12)21-19(28-11)22-18(25)13-6-9-15(23(2)3)16(10-13)24(26)27/h4-10H,1-3H3,(H,21,22,25). The van der Waals surface area contributed by atoms with E-state index in [2.05, 4.69) is 10.3 Å². The minimum absolute atomic E-state index is 0.153. The van der Waals surface area contributed by atoms with Gasteiger partial charge in [0.1, 0.15) is 11.5 Å². The first-order valence-corrected chi connectivity index (χ1v) is 9.08. The van der Waals surface area contributed by atoms with Gasteiger partial charge in [0.05, 0.1) is 10.6 Å². The number of aromatic nitrogens is 1. The average Bonchev–Trinajstić information content (AvgIpc) is 3.01. The van der Waals surface area contributed by atoms with E-state index in [0.29, 0.717) is 16.5 Å². The summed E-state index contributed by atoms with van der Waals surface area (Å²) < 4.78 is 13.1. The summed E-state index contributed by atoms with van der Waals surface area (Å²) in [5.41, 5.74) is 1.80. The van der Waals surface area contributed by atoms with Crippen LogP contribution >= 0.6 is 11.3 Å². The van der Waals surface area contributed by atoms with Crippen LogP contribution in [0.25, 0.3) is 11.3 Å². The zero-order valence-electron chi connectivity index (χ0n) is 15.4. The Morgan fingerprint density at radius 3 is 2.50 bits per heavy atom. The van der Waals surface area contributed by atoms with Crippen molar-refractivity contribution in [2.75, 3.05) is 24.3 Å². The van der Waals surface area contributed by atoms with Gasteiger partial charge in [0.15, 0.2) is 5.13 Å². The van der Waals surface area contributed by atoms with Gasteiger partial charge in [-0.2, -0.15) is 0 Å². The molecule has 1 N–H and O–H groups in total. The topological polar surface area (TPSA) is 88.4 Å². The smallest absolute Gasteiger partial charge is 0.293 e. The van der Waals surface area contributed by atoms with Gasteiger partial charge in [-0.3, -0.25) is 20.2 Å². The molecule has 28 heavy (non-hydrogen) atoms. The Balaban J connectivity index is 1.86. The Morgan fingerprint density at radius 1 is 1.21 bits per heavy atom. The van der Waals surface area contributed by atoms with Crippen LogP contribution in [0.15, 0.2) is 42.5 Å². The number of rotatable bonds is 5. The third kappa shape index (κ3) is 3.99. The Hall–Kier alpha value is -3.33. The Kier molecular flexibility index (Phi) is 5.36. The maximum Gasteiger partial charge on any atom is 0.293 e. The molecule has 2 aromatic carbocycles. The van der Waals surface area contributed by atoms with Gasteiger partial charge >= 0.3 is 0 Å². The third-order valence-corrected chi connectivity index (χ3v) is 4.94. The Morgan fingerprint density at radius 2 is 1.89 bits per heavy atom. The molecule has 0 fully saturated rings. The quantitative estimate of drug-likeness (QED) is 0.504. The second kappa shape index (κ2) is 7.73. The first kappa shape index (κ1) is 19.4. The number of carbonyl (C=O) groups excluding carboxylic acids is 1. The van der Waals surface area contributed by atoms with E-state index in [1.165, 1.54) is 41.7 Å². The van der Waals surface area contributed by atoms with Crippen LogP contribution in [0.5, 0.6) is 0 Å². The largest absolute Gasteiger partial charge is 0.372 e. The molecule has 3 rings (SSSR count). The number of nitro benzene ring substituents is 1. The van der Waals surface area contributed by atoms with Crippen molar-refractivity contribution in [3.8, 4) is 11.3 Å². The number of aryl methyl sites for hydroxylation is 1. The van der Waals surface area contributed by atoms with E-state index in [-0.39, 0.29) is 17.1 Å². The average molecular weight is 400 g/mol. The molecule has 0 aliphatic carbocycles. The Bertz CT molecular complexity index is 1050. The van der Waals surface area contributed by atoms with Crippen molar-refractivity contribution in [2.45, 2.75) is 6.92 Å². The predicted octanol–water partition coefficient (Wildman–Crippen LogP) is 4.48. The van der Waals surface area contributed by atoms with Gasteiger partial charge in [-0.25, -0.2) is 9.37 Å². The van der Waals surface area contributed by atoms with E-state index in [0.717, 1.165) is 10.4 Å². The number of nitrogens with one attached hydrogen (secondary N) is 1. The van der Waals surface area contributed by atoms with Crippen LogP contribution in [-0.4, -0.2) is 29.9 Å². The lowest BCUT2D eigenvalue weighted by Crippen LogP contribution is -2.14. The van der Waals surface area contributed by atoms with Gasteiger partial charge < -0.3 is 4.90 Å². The van der Waals surface area contributed by atoms with Crippen LogP contribution in [0.1, 0.15) is 15.2 Å². The van der Waals surface area contributed by atoms with Crippen molar-refractivity contribution in [1.82, 2.24) is 4.98 Å². The molecule has 0 aliphatic heterocycles. The van der Waals surface area contributed by atoms with Gasteiger partial charge in [-0.05, 0) is 43.3 Å². The van der Waals surface area contributed by atoms with Gasteiger partial charge in [-0.1, -0.05) is 0 Å². The van der Waals surface area contributed by atoms with Crippen LogP contribution < -0.4 is 10.2 Å². The molecular weight excluding hydrogens is 383 g/mol. The van der Waals surface area contributed by atoms with Gasteiger partial charge in [0.2, 0.25) is 0 Å². The highest BCUT2D eigenvalue weighted by atomic mass is 32.1. The summed E-state index contributed by atoms with van der Waals surface area (Å²) in [5, 5.41) is 14.3. The number of carbonyl (C=O) groups is 1. The van der Waals surface area contributed by atoms with E-state index >= 15 is 0 Å². The predicted molar refractivity (Wildman–Crippen MR) is 108 cm³/mol. The monoisotopic (exact) mass is 400 g/mol. The van der Waals surface area contributed by atoms with Crippen molar-refractivity contribution in [3.63, 3.8) is 0 Å². The Labute approximate surface area is 164 Å². The lowest BCUT2D eigenvalue weighted by atomic mass is 10.1. The van der Waals surface area contributed by atoms with E-state index in [1.807, 2.05) is 6.92 Å². The first-order chi connectivity index (χ1) is 13.3. The summed E-state index contributed by atoms with van der Waals surface area (Å²) in [4.78, 5) is 30.2. The van der Waals surface area contributed by atoms with Gasteiger partial charge in [0, 0.05) is 36.2 Å². The van der Waals surface area contributed by atoms with Crippen LogP contribution in [0, 0.1) is 22.9 Å². The summed E-state index contributed by atoms with van der Waals surface area (Å²) in [6.07, 6.45) is 0. The van der Waals surface area contributed by atoms with Crippen molar-refractivity contribution >= 4 is 33.8 Å². The normalized spacial score (nSPS) is 10.6. The molecule has 1 amide bonds. The fourth-order valence-electron chi connectivity index (χ4n) is 2.68. The van der Waals surface area contributed by atoms with E-state index in [9.17, 15) is 19.3 Å². The van der Waals surface area contributed by atoms with Crippen LogP contribution in [-0.2, 0) is 0 Å². The molecule has 0 saturated carbocycles. The number of benzene rings is 2. The lowest BCUT2D eigenvalue weighted by Gasteiger charge is -2.13. The minimum Gasteiger partial charge on any atom is -0.372 e. The summed E-state index contributed by atoms with van der Waals surface area (Å²) in [6.45, 7) is 1.85. The molecule has 0 spiro atoms. The molecule has 144 valence electrons. The zero-order valence-corrected chi connectivity index (χ0v) is 16.2. The fraction of sp³-hybridized carbons (Fsp3) is 0.158. The van der Waals surface area contributed by atoms with E-state index < -0.39 is 10.8 Å². The SMILES string of the molecule is Cc1sc(NC(=O)c2ccc(N(C)C)c([N+](=O)[O-])c2)nc1-c1ccc(F)cc1. The summed E-state index contributed by atoms with van der Waals surface area (Å²) >= 11 is 1.28.